The maximum atomic E-state index is 12.3. The van der Waals surface area contributed by atoms with Crippen LogP contribution >= 0.6 is 0 Å². The fourth-order valence-corrected chi connectivity index (χ4v) is 2.04. The largest absolute Gasteiger partial charge is 0.384 e. The number of nitrogens with one attached hydrogen (secondary N) is 1. The number of aliphatic hydroxyl groups is 1. The van der Waals surface area contributed by atoms with Gasteiger partial charge in [-0.25, -0.2) is 0 Å². The van der Waals surface area contributed by atoms with Crippen LogP contribution < -0.4 is 5.32 Å². The third kappa shape index (κ3) is 3.95. The summed E-state index contributed by atoms with van der Waals surface area (Å²) in [7, 11) is 0. The molecule has 0 saturated heterocycles. The van der Waals surface area contributed by atoms with E-state index < -0.39 is 0 Å². The Hall–Kier alpha value is -2.57. The number of carbonyl (C=O) groups is 1. The van der Waals surface area contributed by atoms with Gasteiger partial charge in [-0.3, -0.25) is 4.79 Å². The lowest BCUT2D eigenvalue weighted by atomic mass is 10.1. The number of rotatable bonds is 2. The van der Waals surface area contributed by atoms with E-state index in [1.165, 1.54) is 0 Å². The maximum absolute atomic E-state index is 12.3. The zero-order valence-electron chi connectivity index (χ0n) is 12.1. The molecule has 3 heteroatoms. The number of hydrogen-bond donors (Lipinski definition) is 2. The molecule has 0 aromatic heterocycles. The van der Waals surface area contributed by atoms with E-state index in [1.807, 2.05) is 50.2 Å². The zero-order valence-corrected chi connectivity index (χ0v) is 12.1. The van der Waals surface area contributed by atoms with Crippen molar-refractivity contribution in [3.05, 3.63) is 64.7 Å². The van der Waals surface area contributed by atoms with Gasteiger partial charge in [0.2, 0.25) is 0 Å². The van der Waals surface area contributed by atoms with Crippen molar-refractivity contribution in [1.29, 1.82) is 0 Å². The number of aliphatic hydroxyl groups excluding tert-OH is 1. The quantitative estimate of drug-likeness (QED) is 0.830. The zero-order chi connectivity index (χ0) is 15.2. The molecule has 2 aromatic rings. The van der Waals surface area contributed by atoms with Gasteiger partial charge in [0.05, 0.1) is 0 Å². The topological polar surface area (TPSA) is 49.3 Å². The molecule has 0 unspecified atom stereocenters. The van der Waals surface area contributed by atoms with Crippen LogP contribution in [0.5, 0.6) is 0 Å². The lowest BCUT2D eigenvalue weighted by Gasteiger charge is -2.09. The van der Waals surface area contributed by atoms with Gasteiger partial charge >= 0.3 is 0 Å². The molecule has 0 atom stereocenters. The molecule has 3 nitrogen and oxygen atoms in total. The molecular formula is C18H17NO2. The Morgan fingerprint density at radius 2 is 1.95 bits per heavy atom. The van der Waals surface area contributed by atoms with Gasteiger partial charge in [-0.05, 0) is 49.2 Å². The van der Waals surface area contributed by atoms with Gasteiger partial charge < -0.3 is 10.4 Å². The lowest BCUT2D eigenvalue weighted by Crippen LogP contribution is -2.13. The second kappa shape index (κ2) is 6.74. The minimum absolute atomic E-state index is 0.167. The van der Waals surface area contributed by atoms with Crippen LogP contribution in [-0.2, 0) is 0 Å². The number of amides is 1. The Bertz CT molecular complexity index is 723. The number of hydrogen-bond acceptors (Lipinski definition) is 2. The minimum atomic E-state index is -0.196. The van der Waals surface area contributed by atoms with Crippen molar-refractivity contribution in [3.8, 4) is 11.8 Å². The predicted octanol–water partition coefficient (Wildman–Crippen LogP) is 2.90. The summed E-state index contributed by atoms with van der Waals surface area (Å²) in [6, 6.07) is 13.1. The Labute approximate surface area is 124 Å². The summed E-state index contributed by atoms with van der Waals surface area (Å²) in [5, 5.41) is 11.6. The molecule has 21 heavy (non-hydrogen) atoms. The Morgan fingerprint density at radius 3 is 2.67 bits per heavy atom. The van der Waals surface area contributed by atoms with E-state index >= 15 is 0 Å². The highest BCUT2D eigenvalue weighted by molar-refractivity contribution is 6.05. The van der Waals surface area contributed by atoms with Gasteiger partial charge in [-0.2, -0.15) is 0 Å². The Balaban J connectivity index is 2.27. The number of carbonyl (C=O) groups excluding carboxylic acids is 1. The van der Waals surface area contributed by atoms with Crippen molar-refractivity contribution in [2.45, 2.75) is 13.8 Å². The van der Waals surface area contributed by atoms with Crippen molar-refractivity contribution in [2.24, 2.45) is 0 Å². The highest BCUT2D eigenvalue weighted by Crippen LogP contribution is 2.16. The van der Waals surface area contributed by atoms with Crippen LogP contribution in [0.25, 0.3) is 0 Å². The summed E-state index contributed by atoms with van der Waals surface area (Å²) >= 11 is 0. The van der Waals surface area contributed by atoms with Crippen molar-refractivity contribution < 1.29 is 9.90 Å². The van der Waals surface area contributed by atoms with Crippen molar-refractivity contribution in [3.63, 3.8) is 0 Å². The van der Waals surface area contributed by atoms with E-state index in [2.05, 4.69) is 17.2 Å². The SMILES string of the molecule is Cc1cc(C#CCO)cc(C(=O)Nc2ccccc2C)c1. The van der Waals surface area contributed by atoms with Gasteiger partial charge in [0, 0.05) is 16.8 Å². The summed E-state index contributed by atoms with van der Waals surface area (Å²) in [5.41, 5.74) is 4.04. The lowest BCUT2D eigenvalue weighted by molar-refractivity contribution is 0.102. The summed E-state index contributed by atoms with van der Waals surface area (Å²) < 4.78 is 0. The molecule has 2 N–H and O–H groups in total. The van der Waals surface area contributed by atoms with Gasteiger partial charge in [0.1, 0.15) is 6.61 Å². The molecule has 0 heterocycles. The Kier molecular flexibility index (Phi) is 4.76. The molecule has 0 spiro atoms. The number of aryl methyl sites for hydroxylation is 2. The van der Waals surface area contributed by atoms with Gasteiger partial charge in [-0.15, -0.1) is 0 Å². The first-order valence-electron chi connectivity index (χ1n) is 6.68. The summed E-state index contributed by atoms with van der Waals surface area (Å²) in [4.78, 5) is 12.3. The second-order valence-corrected chi connectivity index (χ2v) is 4.82. The van der Waals surface area contributed by atoms with E-state index in [0.717, 1.165) is 22.4 Å². The first kappa shape index (κ1) is 14.8. The van der Waals surface area contributed by atoms with Gasteiger partial charge in [0.15, 0.2) is 0 Å². The highest BCUT2D eigenvalue weighted by Gasteiger charge is 2.08. The third-order valence-electron chi connectivity index (χ3n) is 3.04. The standard InChI is InChI=1S/C18H17NO2/c1-13-10-15(7-5-9-20)12-16(11-13)18(21)19-17-8-4-3-6-14(17)2/h3-4,6,8,10-12,20H,9H2,1-2H3,(H,19,21). The molecule has 0 radical (unpaired) electrons. The van der Waals surface area contributed by atoms with Crippen LogP contribution in [0.2, 0.25) is 0 Å². The smallest absolute Gasteiger partial charge is 0.255 e. The van der Waals surface area contributed by atoms with Crippen molar-refractivity contribution in [1.82, 2.24) is 0 Å². The van der Waals surface area contributed by atoms with Gasteiger partial charge in [0.25, 0.3) is 5.91 Å². The third-order valence-corrected chi connectivity index (χ3v) is 3.04. The molecular weight excluding hydrogens is 262 g/mol. The fourth-order valence-electron chi connectivity index (χ4n) is 2.04. The van der Waals surface area contributed by atoms with Crippen molar-refractivity contribution in [2.75, 3.05) is 11.9 Å². The van der Waals surface area contributed by atoms with Crippen LogP contribution in [-0.4, -0.2) is 17.6 Å². The number of benzene rings is 2. The van der Waals surface area contributed by atoms with Crippen LogP contribution in [0.4, 0.5) is 5.69 Å². The second-order valence-electron chi connectivity index (χ2n) is 4.82. The van der Waals surface area contributed by atoms with Crippen molar-refractivity contribution >= 4 is 11.6 Å². The molecule has 0 bridgehead atoms. The molecule has 0 saturated carbocycles. The van der Waals surface area contributed by atoms with Crippen LogP contribution in [0, 0.1) is 25.7 Å². The number of anilines is 1. The monoisotopic (exact) mass is 279 g/mol. The van der Waals surface area contributed by atoms with Crippen LogP contribution in [0.3, 0.4) is 0 Å². The van der Waals surface area contributed by atoms with E-state index in [0.29, 0.717) is 5.56 Å². The Morgan fingerprint density at radius 1 is 1.19 bits per heavy atom. The summed E-state index contributed by atoms with van der Waals surface area (Å²) in [5.74, 6) is 5.25. The first-order valence-corrected chi connectivity index (χ1v) is 6.68. The normalized spacial score (nSPS) is 9.67. The van der Waals surface area contributed by atoms with E-state index in [4.69, 9.17) is 5.11 Å². The minimum Gasteiger partial charge on any atom is -0.384 e. The molecule has 2 aromatic carbocycles. The summed E-state index contributed by atoms with van der Waals surface area (Å²) in [6.07, 6.45) is 0. The molecule has 0 aliphatic carbocycles. The van der Waals surface area contributed by atoms with Crippen LogP contribution in [0.15, 0.2) is 42.5 Å². The molecule has 106 valence electrons. The molecule has 0 fully saturated rings. The number of para-hydroxylation sites is 1. The average Bonchev–Trinajstić information content (AvgIpc) is 2.47. The molecule has 0 aliphatic rings. The van der Waals surface area contributed by atoms with E-state index in [9.17, 15) is 4.79 Å². The molecule has 0 aliphatic heterocycles. The fraction of sp³-hybridized carbons (Fsp3) is 0.167. The molecule has 2 rings (SSSR count). The maximum Gasteiger partial charge on any atom is 0.255 e. The first-order chi connectivity index (χ1) is 10.1. The highest BCUT2D eigenvalue weighted by atomic mass is 16.2. The van der Waals surface area contributed by atoms with E-state index in [1.54, 1.807) is 6.07 Å². The predicted molar refractivity (Wildman–Crippen MR) is 84.3 cm³/mol. The van der Waals surface area contributed by atoms with Gasteiger partial charge in [-0.1, -0.05) is 30.0 Å². The summed E-state index contributed by atoms with van der Waals surface area (Å²) in [6.45, 7) is 3.66. The van der Waals surface area contributed by atoms with E-state index in [-0.39, 0.29) is 12.5 Å². The average molecular weight is 279 g/mol. The molecule has 1 amide bonds. The van der Waals surface area contributed by atoms with Crippen LogP contribution in [0.1, 0.15) is 27.0 Å².